The Bertz CT molecular complexity index is 809. The quantitative estimate of drug-likeness (QED) is 0.369. The molecule has 0 radical (unpaired) electrons. The Balaban J connectivity index is 1.81. The molecule has 1 saturated heterocycles. The van der Waals surface area contributed by atoms with E-state index in [-0.39, 0.29) is 30.3 Å². The van der Waals surface area contributed by atoms with Crippen molar-refractivity contribution >= 4 is 0 Å². The van der Waals surface area contributed by atoms with Gasteiger partial charge in [-0.1, -0.05) is 38.0 Å². The van der Waals surface area contributed by atoms with Gasteiger partial charge in [0, 0.05) is 18.4 Å². The highest BCUT2D eigenvalue weighted by atomic mass is 16.7. The first kappa shape index (κ1) is 26.2. The van der Waals surface area contributed by atoms with Gasteiger partial charge in [0.1, 0.15) is 24.4 Å². The number of methoxy groups -OCH3 is 1. The second kappa shape index (κ2) is 9.90. The number of aliphatic hydroxyl groups excluding tert-OH is 5. The minimum atomic E-state index is -1.46. The van der Waals surface area contributed by atoms with Gasteiger partial charge >= 0.3 is 0 Å². The SMILES string of the molecule is COC[C@H]1CC[C@@H]2/C1=C\[C@]1(C)C(=C(C(C)C)C[C@@H]1O)[C@@H](O[C@H]1OCC(O)C(O)C1O)[C@H](O)[C@@H]2C. The molecule has 0 aromatic carbocycles. The Kier molecular flexibility index (Phi) is 7.64. The standard InChI is InChI=1S/C26H42O8/c1-12(2)16-8-19(28)26(4)9-17-14(10-32-5)6-7-15(17)13(3)21(29)24(20(16)26)34-25-23(31)22(30)18(27)11-33-25/h9,12-15,18-19,21-25,27-31H,6-8,10-11H2,1-5H3/b17-9-/t13-,14-,15+,18?,19+,21-,22?,23?,24-,25-,26+/m1/s1. The molecule has 11 atom stereocenters. The van der Waals surface area contributed by atoms with Crippen LogP contribution in [0.25, 0.3) is 0 Å². The highest BCUT2D eigenvalue weighted by Crippen LogP contribution is 2.55. The Morgan fingerprint density at radius 2 is 1.79 bits per heavy atom. The summed E-state index contributed by atoms with van der Waals surface area (Å²) in [5, 5.41) is 53.7. The van der Waals surface area contributed by atoms with Crippen LogP contribution in [-0.2, 0) is 14.2 Å². The van der Waals surface area contributed by atoms with Crippen LogP contribution in [0.1, 0.15) is 47.0 Å². The predicted molar refractivity (Wildman–Crippen MR) is 125 cm³/mol. The van der Waals surface area contributed by atoms with Crippen LogP contribution in [0.2, 0.25) is 0 Å². The number of fused-ring (bicyclic) bond motifs is 2. The maximum atomic E-state index is 11.7. The van der Waals surface area contributed by atoms with E-state index in [4.69, 9.17) is 14.2 Å². The van der Waals surface area contributed by atoms with Gasteiger partial charge < -0.3 is 39.7 Å². The molecule has 1 saturated carbocycles. The molecule has 1 heterocycles. The summed E-state index contributed by atoms with van der Waals surface area (Å²) in [7, 11) is 1.70. The van der Waals surface area contributed by atoms with E-state index in [1.807, 2.05) is 13.8 Å². The minimum absolute atomic E-state index is 0.122. The summed E-state index contributed by atoms with van der Waals surface area (Å²) in [4.78, 5) is 0. The van der Waals surface area contributed by atoms with E-state index in [2.05, 4.69) is 19.9 Å². The van der Waals surface area contributed by atoms with Crippen LogP contribution in [-0.4, -0.2) is 88.8 Å². The first-order valence-electron chi connectivity index (χ1n) is 12.6. The van der Waals surface area contributed by atoms with Crippen LogP contribution in [0.15, 0.2) is 22.8 Å². The maximum Gasteiger partial charge on any atom is 0.187 e. The average Bonchev–Trinajstić information content (AvgIpc) is 3.29. The number of aliphatic hydroxyl groups is 5. The second-order valence-corrected chi connectivity index (χ2v) is 11.2. The third-order valence-corrected chi connectivity index (χ3v) is 8.79. The Hall–Kier alpha value is -0.840. The monoisotopic (exact) mass is 482 g/mol. The molecule has 3 aliphatic carbocycles. The molecule has 0 aromatic rings. The molecule has 0 amide bonds. The molecule has 2 fully saturated rings. The van der Waals surface area contributed by atoms with Gasteiger partial charge in [-0.25, -0.2) is 0 Å². The number of hydrogen-bond acceptors (Lipinski definition) is 8. The molecular weight excluding hydrogens is 440 g/mol. The van der Waals surface area contributed by atoms with Crippen molar-refractivity contribution in [2.24, 2.45) is 29.1 Å². The smallest absolute Gasteiger partial charge is 0.187 e. The van der Waals surface area contributed by atoms with Crippen molar-refractivity contribution in [1.29, 1.82) is 0 Å². The van der Waals surface area contributed by atoms with Gasteiger partial charge in [0.2, 0.25) is 0 Å². The van der Waals surface area contributed by atoms with Crippen molar-refractivity contribution in [3.05, 3.63) is 22.8 Å². The van der Waals surface area contributed by atoms with Gasteiger partial charge in [-0.15, -0.1) is 0 Å². The molecule has 0 aromatic heterocycles. The van der Waals surface area contributed by atoms with Gasteiger partial charge in [-0.05, 0) is 49.5 Å². The predicted octanol–water partition coefficient (Wildman–Crippen LogP) is 1.14. The Morgan fingerprint density at radius 1 is 1.09 bits per heavy atom. The molecule has 3 unspecified atom stereocenters. The third kappa shape index (κ3) is 4.30. The zero-order valence-electron chi connectivity index (χ0n) is 20.9. The summed E-state index contributed by atoms with van der Waals surface area (Å²) >= 11 is 0. The number of hydrogen-bond donors (Lipinski definition) is 5. The molecule has 4 aliphatic rings. The van der Waals surface area contributed by atoms with Crippen molar-refractivity contribution < 1.29 is 39.7 Å². The summed E-state index contributed by atoms with van der Waals surface area (Å²) in [5.74, 6) is 0.351. The van der Waals surface area contributed by atoms with Gasteiger partial charge in [-0.2, -0.15) is 0 Å². The fraction of sp³-hybridized carbons (Fsp3) is 0.846. The van der Waals surface area contributed by atoms with Gasteiger partial charge in [0.25, 0.3) is 0 Å². The normalized spacial score (nSPS) is 48.9. The van der Waals surface area contributed by atoms with Crippen molar-refractivity contribution in [3.63, 3.8) is 0 Å². The summed E-state index contributed by atoms with van der Waals surface area (Å²) < 4.78 is 17.4. The lowest BCUT2D eigenvalue weighted by molar-refractivity contribution is -0.288. The largest absolute Gasteiger partial charge is 0.392 e. The molecule has 4 rings (SSSR count). The average molecular weight is 483 g/mol. The minimum Gasteiger partial charge on any atom is -0.392 e. The third-order valence-electron chi connectivity index (χ3n) is 8.79. The lowest BCUT2D eigenvalue weighted by atomic mass is 9.68. The zero-order chi connectivity index (χ0) is 24.9. The molecule has 8 heteroatoms. The van der Waals surface area contributed by atoms with E-state index < -0.39 is 48.3 Å². The summed E-state index contributed by atoms with van der Waals surface area (Å²) in [6.45, 7) is 8.59. The maximum absolute atomic E-state index is 11.7. The van der Waals surface area contributed by atoms with Crippen LogP contribution < -0.4 is 0 Å². The highest BCUT2D eigenvalue weighted by molar-refractivity contribution is 5.43. The summed E-state index contributed by atoms with van der Waals surface area (Å²) in [6, 6.07) is 0. The van der Waals surface area contributed by atoms with Crippen LogP contribution >= 0.6 is 0 Å². The molecule has 8 nitrogen and oxygen atoms in total. The van der Waals surface area contributed by atoms with Gasteiger partial charge in [0.05, 0.1) is 25.4 Å². The topological polar surface area (TPSA) is 129 Å². The van der Waals surface area contributed by atoms with Crippen LogP contribution in [0, 0.1) is 29.1 Å². The van der Waals surface area contributed by atoms with Crippen LogP contribution in [0.5, 0.6) is 0 Å². The van der Waals surface area contributed by atoms with E-state index in [0.717, 1.165) is 24.0 Å². The fourth-order valence-corrected chi connectivity index (χ4v) is 6.68. The van der Waals surface area contributed by atoms with Gasteiger partial charge in [0.15, 0.2) is 6.29 Å². The van der Waals surface area contributed by atoms with E-state index in [9.17, 15) is 25.5 Å². The van der Waals surface area contributed by atoms with E-state index in [1.54, 1.807) is 7.11 Å². The van der Waals surface area contributed by atoms with E-state index in [1.165, 1.54) is 5.57 Å². The van der Waals surface area contributed by atoms with E-state index >= 15 is 0 Å². The number of ether oxygens (including phenoxy) is 3. The summed E-state index contributed by atoms with van der Waals surface area (Å²) in [6.07, 6.45) is -3.14. The van der Waals surface area contributed by atoms with Crippen molar-refractivity contribution in [1.82, 2.24) is 0 Å². The molecular formula is C26H42O8. The lowest BCUT2D eigenvalue weighted by Gasteiger charge is -2.45. The first-order chi connectivity index (χ1) is 16.0. The zero-order valence-corrected chi connectivity index (χ0v) is 20.9. The molecule has 1 aliphatic heterocycles. The Morgan fingerprint density at radius 3 is 2.44 bits per heavy atom. The summed E-state index contributed by atoms with van der Waals surface area (Å²) in [5.41, 5.74) is 2.35. The van der Waals surface area contributed by atoms with Crippen molar-refractivity contribution in [2.75, 3.05) is 20.3 Å². The Labute approximate surface area is 202 Å². The van der Waals surface area contributed by atoms with E-state index in [0.29, 0.717) is 13.0 Å². The molecule has 0 bridgehead atoms. The van der Waals surface area contributed by atoms with Crippen molar-refractivity contribution in [2.45, 2.75) is 89.9 Å². The molecule has 34 heavy (non-hydrogen) atoms. The van der Waals surface area contributed by atoms with Crippen LogP contribution in [0.3, 0.4) is 0 Å². The molecule has 0 spiro atoms. The molecule has 194 valence electrons. The molecule has 5 N–H and O–H groups in total. The number of rotatable bonds is 5. The van der Waals surface area contributed by atoms with Crippen molar-refractivity contribution in [3.8, 4) is 0 Å². The second-order valence-electron chi connectivity index (χ2n) is 11.2. The first-order valence-corrected chi connectivity index (χ1v) is 12.6. The fourth-order valence-electron chi connectivity index (χ4n) is 6.68. The highest BCUT2D eigenvalue weighted by Gasteiger charge is 2.54. The van der Waals surface area contributed by atoms with Crippen LogP contribution in [0.4, 0.5) is 0 Å². The lowest BCUT2D eigenvalue weighted by Crippen LogP contribution is -2.56. The van der Waals surface area contributed by atoms with Gasteiger partial charge in [-0.3, -0.25) is 0 Å².